The first kappa shape index (κ1) is 38.0. The molecule has 11 aromatic rings. The van der Waals surface area contributed by atoms with Crippen LogP contribution in [0.15, 0.2) is 231 Å². The van der Waals surface area contributed by atoms with E-state index in [1.807, 2.05) is 36.4 Å². The average molecular weight is 815 g/mol. The van der Waals surface area contributed by atoms with E-state index in [1.165, 1.54) is 0 Å². The Morgan fingerprint density at radius 2 is 0.812 bits per heavy atom. The number of benzene rings is 11. The van der Waals surface area contributed by atoms with Gasteiger partial charge in [-0.05, 0) is 134 Å². The first-order valence-corrected chi connectivity index (χ1v) is 21.4. The van der Waals surface area contributed by atoms with Crippen LogP contribution in [0.4, 0.5) is 34.1 Å². The van der Waals surface area contributed by atoms with Crippen LogP contribution in [0.2, 0.25) is 0 Å². The zero-order chi connectivity index (χ0) is 43.0. The van der Waals surface area contributed by atoms with Crippen molar-refractivity contribution in [2.24, 2.45) is 0 Å². The first-order valence-electron chi connectivity index (χ1n) is 21.4. The van der Waals surface area contributed by atoms with E-state index >= 15 is 0 Å². The molecule has 4 nitrogen and oxygen atoms in total. The minimum atomic E-state index is 0.606. The lowest BCUT2D eigenvalue weighted by atomic mass is 9.89. The second-order valence-electron chi connectivity index (χ2n) is 16.0. The quantitative estimate of drug-likeness (QED) is 0.143. The number of hydrogen-bond acceptors (Lipinski definition) is 4. The van der Waals surface area contributed by atoms with Crippen molar-refractivity contribution in [3.63, 3.8) is 0 Å². The third-order valence-electron chi connectivity index (χ3n) is 12.2. The maximum Gasteiger partial charge on any atom is 0.0991 e. The predicted molar refractivity (Wildman–Crippen MR) is 266 cm³/mol. The molecule has 0 N–H and O–H groups in total. The summed E-state index contributed by atoms with van der Waals surface area (Å²) in [4.78, 5) is 4.74. The van der Waals surface area contributed by atoms with Gasteiger partial charge >= 0.3 is 0 Å². The van der Waals surface area contributed by atoms with E-state index in [0.717, 1.165) is 99.5 Å². The second-order valence-corrected chi connectivity index (χ2v) is 16.0. The lowest BCUT2D eigenvalue weighted by Crippen LogP contribution is -2.11. The molecule has 0 unspecified atom stereocenters. The van der Waals surface area contributed by atoms with Crippen LogP contribution < -0.4 is 9.80 Å². The van der Waals surface area contributed by atoms with Crippen molar-refractivity contribution in [3.05, 3.63) is 242 Å². The third kappa shape index (κ3) is 6.73. The molecule has 11 aromatic carbocycles. The van der Waals surface area contributed by atoms with E-state index in [-0.39, 0.29) is 0 Å². The Morgan fingerprint density at radius 1 is 0.297 bits per heavy atom. The Hall–Kier alpha value is -8.96. The SMILES string of the molecule is N#Cc1ccc(-c2cc(N(c3ccccc3)c3cccc4ccccc34)c3ccc4cc(N(c5ccccc5)c5cccc6ccccc56)cc(-c5ccc(C#N)cc5)c4c3c2)cc1. The van der Waals surface area contributed by atoms with E-state index in [0.29, 0.717) is 11.1 Å². The molecule has 0 radical (unpaired) electrons. The van der Waals surface area contributed by atoms with Gasteiger partial charge in [-0.2, -0.15) is 10.5 Å². The summed E-state index contributed by atoms with van der Waals surface area (Å²) in [5, 5.41) is 28.6. The first-order chi connectivity index (χ1) is 31.6. The Morgan fingerprint density at radius 3 is 1.41 bits per heavy atom. The molecular weight excluding hydrogens is 777 g/mol. The van der Waals surface area contributed by atoms with Crippen LogP contribution in [0.25, 0.3) is 65.3 Å². The minimum absolute atomic E-state index is 0.606. The summed E-state index contributed by atoms with van der Waals surface area (Å²) in [6.45, 7) is 0. The fraction of sp³-hybridized carbons (Fsp3) is 0. The van der Waals surface area contributed by atoms with Crippen molar-refractivity contribution < 1.29 is 0 Å². The van der Waals surface area contributed by atoms with Crippen molar-refractivity contribution in [2.45, 2.75) is 0 Å². The van der Waals surface area contributed by atoms with Gasteiger partial charge in [0.1, 0.15) is 0 Å². The third-order valence-corrected chi connectivity index (χ3v) is 12.2. The monoisotopic (exact) mass is 814 g/mol. The van der Waals surface area contributed by atoms with Gasteiger partial charge in [-0.25, -0.2) is 0 Å². The minimum Gasteiger partial charge on any atom is -0.310 e. The van der Waals surface area contributed by atoms with Gasteiger partial charge in [0.05, 0.1) is 40.3 Å². The summed E-state index contributed by atoms with van der Waals surface area (Å²) < 4.78 is 0. The summed E-state index contributed by atoms with van der Waals surface area (Å²) in [5.41, 5.74) is 11.6. The molecule has 298 valence electrons. The molecule has 0 aliphatic rings. The van der Waals surface area contributed by atoms with Gasteiger partial charge in [0.15, 0.2) is 0 Å². The Bertz CT molecular complexity index is 3610. The van der Waals surface area contributed by atoms with Crippen molar-refractivity contribution in [3.8, 4) is 34.4 Å². The topological polar surface area (TPSA) is 54.1 Å². The molecule has 0 bridgehead atoms. The molecule has 64 heavy (non-hydrogen) atoms. The standard InChI is InChI=1S/C60H38N4/c61-39-41-25-29-43(30-26-41)48-36-56-54(59(37-48)64(50-19-5-2-6-20-50)58-24-12-16-45-14-8-10-22-53(45)58)34-33-47-35-51(38-55(60(47)56)46-31-27-42(40-62)28-32-46)63(49-17-3-1-4-18-49)57-23-11-15-44-13-7-9-21-52(44)57/h1-38H. The zero-order valence-corrected chi connectivity index (χ0v) is 34.7. The van der Waals surface area contributed by atoms with Crippen LogP contribution in [-0.4, -0.2) is 0 Å². The highest BCUT2D eigenvalue weighted by molar-refractivity contribution is 6.20. The number of para-hydroxylation sites is 2. The fourth-order valence-electron chi connectivity index (χ4n) is 9.24. The van der Waals surface area contributed by atoms with Gasteiger partial charge < -0.3 is 9.80 Å². The zero-order valence-electron chi connectivity index (χ0n) is 34.7. The Labute approximate surface area is 372 Å². The number of fused-ring (bicyclic) bond motifs is 5. The molecule has 0 fully saturated rings. The molecule has 0 saturated carbocycles. The van der Waals surface area contributed by atoms with Gasteiger partial charge in [0.25, 0.3) is 0 Å². The molecule has 4 heteroatoms. The van der Waals surface area contributed by atoms with Crippen LogP contribution in [0.3, 0.4) is 0 Å². The summed E-state index contributed by atoms with van der Waals surface area (Å²) in [6.07, 6.45) is 0. The number of rotatable bonds is 8. The second kappa shape index (κ2) is 16.1. The van der Waals surface area contributed by atoms with E-state index in [2.05, 4.69) is 216 Å². The van der Waals surface area contributed by atoms with Crippen molar-refractivity contribution in [2.75, 3.05) is 9.80 Å². The molecule has 0 saturated heterocycles. The highest BCUT2D eigenvalue weighted by atomic mass is 15.2. The van der Waals surface area contributed by atoms with E-state index < -0.39 is 0 Å². The highest BCUT2D eigenvalue weighted by Crippen LogP contribution is 2.49. The molecule has 0 amide bonds. The van der Waals surface area contributed by atoms with Gasteiger partial charge in [-0.15, -0.1) is 0 Å². The molecule has 0 aromatic heterocycles. The lowest BCUT2D eigenvalue weighted by Gasteiger charge is -2.30. The molecule has 0 atom stereocenters. The smallest absolute Gasteiger partial charge is 0.0991 e. The van der Waals surface area contributed by atoms with Gasteiger partial charge in [0, 0.05) is 33.2 Å². The van der Waals surface area contributed by atoms with Crippen LogP contribution in [0.1, 0.15) is 11.1 Å². The van der Waals surface area contributed by atoms with E-state index in [4.69, 9.17) is 0 Å². The summed E-state index contributed by atoms with van der Waals surface area (Å²) in [7, 11) is 0. The van der Waals surface area contributed by atoms with Crippen molar-refractivity contribution in [1.82, 2.24) is 0 Å². The maximum absolute atomic E-state index is 9.90. The number of nitriles is 2. The van der Waals surface area contributed by atoms with Gasteiger partial charge in [-0.3, -0.25) is 0 Å². The Balaban J connectivity index is 1.26. The highest BCUT2D eigenvalue weighted by Gasteiger charge is 2.23. The molecule has 11 rings (SSSR count). The lowest BCUT2D eigenvalue weighted by molar-refractivity contribution is 1.30. The molecule has 0 spiro atoms. The number of nitrogens with zero attached hydrogens (tertiary/aromatic N) is 4. The molecular formula is C60H38N4. The largest absolute Gasteiger partial charge is 0.310 e. The summed E-state index contributed by atoms with van der Waals surface area (Å²) in [6, 6.07) is 85.4. The van der Waals surface area contributed by atoms with E-state index in [9.17, 15) is 10.5 Å². The fourth-order valence-corrected chi connectivity index (χ4v) is 9.24. The van der Waals surface area contributed by atoms with Gasteiger partial charge in [-0.1, -0.05) is 146 Å². The summed E-state index contributed by atoms with van der Waals surface area (Å²) in [5.74, 6) is 0. The molecule has 0 heterocycles. The predicted octanol–water partition coefficient (Wildman–Crippen LogP) is 16.3. The molecule has 0 aliphatic carbocycles. The van der Waals surface area contributed by atoms with Crippen molar-refractivity contribution >= 4 is 77.2 Å². The van der Waals surface area contributed by atoms with Gasteiger partial charge in [0.2, 0.25) is 0 Å². The van der Waals surface area contributed by atoms with Crippen LogP contribution >= 0.6 is 0 Å². The average Bonchev–Trinajstić information content (AvgIpc) is 3.37. The number of anilines is 6. The maximum atomic E-state index is 9.90. The normalized spacial score (nSPS) is 11.1. The number of hydrogen-bond donors (Lipinski definition) is 0. The van der Waals surface area contributed by atoms with E-state index in [1.54, 1.807) is 0 Å². The van der Waals surface area contributed by atoms with Crippen LogP contribution in [0.5, 0.6) is 0 Å². The Kier molecular flexibility index (Phi) is 9.58. The van der Waals surface area contributed by atoms with Crippen LogP contribution in [-0.2, 0) is 0 Å². The summed E-state index contributed by atoms with van der Waals surface area (Å²) >= 11 is 0. The van der Waals surface area contributed by atoms with Crippen molar-refractivity contribution in [1.29, 1.82) is 10.5 Å². The van der Waals surface area contributed by atoms with Crippen LogP contribution in [0, 0.1) is 22.7 Å². The molecule has 0 aliphatic heterocycles.